The third kappa shape index (κ3) is 6.09. The third-order valence-corrected chi connectivity index (χ3v) is 4.17. The fourth-order valence-electron chi connectivity index (χ4n) is 2.84. The highest BCUT2D eigenvalue weighted by Crippen LogP contribution is 2.33. The molecular weight excluding hydrogens is 356 g/mol. The van der Waals surface area contributed by atoms with Crippen LogP contribution in [-0.2, 0) is 9.53 Å². The Balaban J connectivity index is 2.16. The Morgan fingerprint density at radius 3 is 2.00 bits per heavy atom. The second kappa shape index (κ2) is 9.37. The summed E-state index contributed by atoms with van der Waals surface area (Å²) in [5.41, 5.74) is 0.859. The van der Waals surface area contributed by atoms with E-state index in [1.54, 1.807) is 27.8 Å². The molecule has 0 aliphatic heterocycles. The van der Waals surface area contributed by atoms with Crippen molar-refractivity contribution in [1.82, 2.24) is 10.2 Å². The number of carbonyl (C=O) groups is 2. The quantitative estimate of drug-likeness (QED) is 0.800. The highest BCUT2D eigenvalue weighted by molar-refractivity contribution is 5.82. The number of nitrogens with one attached hydrogen (secondary N) is 1. The van der Waals surface area contributed by atoms with E-state index in [9.17, 15) is 14.7 Å². The summed E-state index contributed by atoms with van der Waals surface area (Å²) in [7, 11) is 1.61. The van der Waals surface area contributed by atoms with Gasteiger partial charge in [-0.1, -0.05) is 60.7 Å². The molecule has 2 rings (SSSR count). The van der Waals surface area contributed by atoms with Gasteiger partial charge in [0.15, 0.2) is 0 Å². The minimum Gasteiger partial charge on any atom is -0.444 e. The zero-order chi connectivity index (χ0) is 20.7. The summed E-state index contributed by atoms with van der Waals surface area (Å²) < 4.78 is 5.16. The number of ether oxygens (including phenoxy) is 1. The van der Waals surface area contributed by atoms with Crippen LogP contribution in [0.5, 0.6) is 0 Å². The van der Waals surface area contributed by atoms with Gasteiger partial charge in [0, 0.05) is 7.05 Å². The van der Waals surface area contributed by atoms with Crippen LogP contribution in [0.15, 0.2) is 60.7 Å². The number of alkyl carbamates (subject to hydrolysis) is 1. The minimum absolute atomic E-state index is 0.226. The smallest absolute Gasteiger partial charge is 0.408 e. The van der Waals surface area contributed by atoms with Crippen molar-refractivity contribution in [1.29, 1.82) is 0 Å². The first kappa shape index (κ1) is 21.4. The first-order valence-electron chi connectivity index (χ1n) is 9.19. The largest absolute Gasteiger partial charge is 0.444 e. The van der Waals surface area contributed by atoms with E-state index in [2.05, 4.69) is 5.32 Å². The van der Waals surface area contributed by atoms with Crippen LogP contribution >= 0.6 is 0 Å². The van der Waals surface area contributed by atoms with Crippen molar-refractivity contribution in [2.75, 3.05) is 13.6 Å². The summed E-state index contributed by atoms with van der Waals surface area (Å²) in [5, 5.41) is 13.4. The number of nitrogens with zero attached hydrogens (tertiary/aromatic N) is 1. The molecule has 2 atom stereocenters. The highest BCUT2D eigenvalue weighted by atomic mass is 16.6. The van der Waals surface area contributed by atoms with Crippen molar-refractivity contribution < 1.29 is 19.4 Å². The van der Waals surface area contributed by atoms with Gasteiger partial charge in [-0.25, -0.2) is 4.79 Å². The van der Waals surface area contributed by atoms with Crippen LogP contribution in [0.2, 0.25) is 0 Å². The third-order valence-electron chi connectivity index (χ3n) is 4.17. The summed E-state index contributed by atoms with van der Waals surface area (Å²) in [4.78, 5) is 26.0. The lowest BCUT2D eigenvalue weighted by atomic mass is 9.94. The number of aliphatic hydroxyl groups is 1. The monoisotopic (exact) mass is 384 g/mol. The van der Waals surface area contributed by atoms with E-state index in [1.165, 1.54) is 4.90 Å². The van der Waals surface area contributed by atoms with E-state index in [1.807, 2.05) is 60.7 Å². The maximum atomic E-state index is 12.7. The van der Waals surface area contributed by atoms with Crippen molar-refractivity contribution >= 4 is 12.0 Å². The summed E-state index contributed by atoms with van der Waals surface area (Å²) in [5.74, 6) is -0.338. The molecule has 0 saturated carbocycles. The Hall–Kier alpha value is -2.86. The van der Waals surface area contributed by atoms with Gasteiger partial charge in [-0.15, -0.1) is 0 Å². The molecule has 6 heteroatoms. The molecule has 2 amide bonds. The van der Waals surface area contributed by atoms with Crippen molar-refractivity contribution in [3.05, 3.63) is 71.8 Å². The second-order valence-corrected chi connectivity index (χ2v) is 7.57. The first-order chi connectivity index (χ1) is 13.2. The molecule has 0 heterocycles. The molecule has 0 saturated heterocycles. The SMILES string of the molecule is CN(C(=O)CNC(=O)OC(C)(C)C)[C@H](c1ccccc1)[C@H](O)c1ccccc1. The standard InChI is InChI=1S/C22H28N2O4/c1-22(2,3)28-21(27)23-15-18(25)24(4)19(16-11-7-5-8-12-16)20(26)17-13-9-6-10-14-17/h5-14,19-20,26H,15H2,1-4H3,(H,23,27)/t19-,20-/m1/s1. The molecular formula is C22H28N2O4. The molecule has 0 radical (unpaired) electrons. The molecule has 0 aromatic heterocycles. The average molecular weight is 384 g/mol. The van der Waals surface area contributed by atoms with Crippen LogP contribution < -0.4 is 5.32 Å². The molecule has 0 aliphatic rings. The zero-order valence-corrected chi connectivity index (χ0v) is 16.8. The van der Waals surface area contributed by atoms with Gasteiger partial charge in [-0.3, -0.25) is 4.79 Å². The summed E-state index contributed by atoms with van der Waals surface area (Å²) >= 11 is 0. The van der Waals surface area contributed by atoms with E-state index in [-0.39, 0.29) is 12.5 Å². The number of likely N-dealkylation sites (N-methyl/N-ethyl adjacent to an activating group) is 1. The van der Waals surface area contributed by atoms with Crippen molar-refractivity contribution in [2.24, 2.45) is 0 Å². The molecule has 6 nitrogen and oxygen atoms in total. The molecule has 0 fully saturated rings. The molecule has 2 aromatic rings. The number of rotatable bonds is 6. The first-order valence-corrected chi connectivity index (χ1v) is 9.19. The van der Waals surface area contributed by atoms with Gasteiger partial charge in [0.25, 0.3) is 0 Å². The molecule has 0 unspecified atom stereocenters. The maximum absolute atomic E-state index is 12.7. The predicted molar refractivity (Wildman–Crippen MR) is 108 cm³/mol. The highest BCUT2D eigenvalue weighted by Gasteiger charge is 2.30. The molecule has 28 heavy (non-hydrogen) atoms. The van der Waals surface area contributed by atoms with Crippen LogP contribution in [0.1, 0.15) is 44.0 Å². The van der Waals surface area contributed by atoms with Crippen molar-refractivity contribution in [3.8, 4) is 0 Å². The molecule has 0 aliphatic carbocycles. The lowest BCUT2D eigenvalue weighted by Crippen LogP contribution is -2.43. The molecule has 0 bridgehead atoms. The topological polar surface area (TPSA) is 78.9 Å². The van der Waals surface area contributed by atoms with Gasteiger partial charge in [-0.2, -0.15) is 0 Å². The zero-order valence-electron chi connectivity index (χ0n) is 16.8. The average Bonchev–Trinajstić information content (AvgIpc) is 2.66. The fourth-order valence-corrected chi connectivity index (χ4v) is 2.84. The molecule has 2 N–H and O–H groups in total. The summed E-state index contributed by atoms with van der Waals surface area (Å²) in [6.07, 6.45) is -1.58. The van der Waals surface area contributed by atoms with Gasteiger partial charge < -0.3 is 20.1 Å². The van der Waals surface area contributed by atoms with Crippen LogP contribution in [0.25, 0.3) is 0 Å². The Morgan fingerprint density at radius 1 is 1.00 bits per heavy atom. The number of hydrogen-bond donors (Lipinski definition) is 2. The number of aliphatic hydroxyl groups excluding tert-OH is 1. The molecule has 150 valence electrons. The van der Waals surface area contributed by atoms with Gasteiger partial charge in [0.1, 0.15) is 18.2 Å². The predicted octanol–water partition coefficient (Wildman–Crippen LogP) is 3.44. The van der Waals surface area contributed by atoms with E-state index in [4.69, 9.17) is 4.74 Å². The Bertz CT molecular complexity index is 772. The molecule has 0 spiro atoms. The minimum atomic E-state index is -0.918. The van der Waals surface area contributed by atoms with Crippen LogP contribution in [0.3, 0.4) is 0 Å². The Morgan fingerprint density at radius 2 is 1.50 bits per heavy atom. The number of benzene rings is 2. The second-order valence-electron chi connectivity index (χ2n) is 7.57. The normalized spacial score (nSPS) is 13.3. The van der Waals surface area contributed by atoms with E-state index in [0.29, 0.717) is 5.56 Å². The lowest BCUT2D eigenvalue weighted by molar-refractivity contribution is -0.133. The fraction of sp³-hybridized carbons (Fsp3) is 0.364. The summed E-state index contributed by atoms with van der Waals surface area (Å²) in [6, 6.07) is 17.9. The Kier molecular flexibility index (Phi) is 7.18. The van der Waals surface area contributed by atoms with Crippen LogP contribution in [0, 0.1) is 0 Å². The van der Waals surface area contributed by atoms with E-state index in [0.717, 1.165) is 5.56 Å². The lowest BCUT2D eigenvalue weighted by Gasteiger charge is -2.33. The van der Waals surface area contributed by atoms with Gasteiger partial charge >= 0.3 is 6.09 Å². The van der Waals surface area contributed by atoms with Crippen molar-refractivity contribution in [3.63, 3.8) is 0 Å². The summed E-state index contributed by atoms with van der Waals surface area (Å²) in [6.45, 7) is 5.03. The van der Waals surface area contributed by atoms with Gasteiger partial charge in [0.05, 0.1) is 6.04 Å². The van der Waals surface area contributed by atoms with Gasteiger partial charge in [-0.05, 0) is 31.9 Å². The van der Waals surface area contributed by atoms with Crippen molar-refractivity contribution in [2.45, 2.75) is 38.5 Å². The van der Waals surface area contributed by atoms with E-state index >= 15 is 0 Å². The van der Waals surface area contributed by atoms with Crippen LogP contribution in [-0.4, -0.2) is 41.2 Å². The Labute approximate surface area is 166 Å². The molecule has 2 aromatic carbocycles. The number of carbonyl (C=O) groups excluding carboxylic acids is 2. The maximum Gasteiger partial charge on any atom is 0.408 e. The van der Waals surface area contributed by atoms with Crippen LogP contribution in [0.4, 0.5) is 4.79 Å². The van der Waals surface area contributed by atoms with E-state index < -0.39 is 23.8 Å². The number of amides is 2. The van der Waals surface area contributed by atoms with Gasteiger partial charge in [0.2, 0.25) is 5.91 Å². The number of hydrogen-bond acceptors (Lipinski definition) is 4.